The van der Waals surface area contributed by atoms with Crippen molar-refractivity contribution in [1.82, 2.24) is 9.13 Å². The lowest BCUT2D eigenvalue weighted by molar-refractivity contribution is 1.16. The van der Waals surface area contributed by atoms with Crippen molar-refractivity contribution in [3.63, 3.8) is 0 Å². The van der Waals surface area contributed by atoms with Gasteiger partial charge in [-0.25, -0.2) is 0 Å². The minimum atomic E-state index is 0.479. The molecule has 12 rings (SSSR count). The van der Waals surface area contributed by atoms with Crippen molar-refractivity contribution in [2.45, 2.75) is 0 Å². The number of aromatic nitrogens is 2. The van der Waals surface area contributed by atoms with Gasteiger partial charge < -0.3 is 9.13 Å². The topological polar surface area (TPSA) is 153 Å². The summed E-state index contributed by atoms with van der Waals surface area (Å²) in [5, 5.41) is 63.5. The van der Waals surface area contributed by atoms with Gasteiger partial charge >= 0.3 is 0 Å². The lowest BCUT2D eigenvalue weighted by Crippen LogP contribution is -2.00. The van der Waals surface area contributed by atoms with Crippen molar-refractivity contribution < 1.29 is 0 Å². The maximum Gasteiger partial charge on any atom is 0.101 e. The van der Waals surface area contributed by atoms with Gasteiger partial charge in [-0.1, -0.05) is 84.9 Å². The summed E-state index contributed by atoms with van der Waals surface area (Å²) in [5.41, 5.74) is 17.7. The van der Waals surface area contributed by atoms with E-state index in [1.54, 1.807) is 0 Å². The van der Waals surface area contributed by atoms with Crippen molar-refractivity contribution in [3.8, 4) is 103 Å². The first kappa shape index (κ1) is 44.0. The van der Waals surface area contributed by atoms with Crippen molar-refractivity contribution >= 4 is 43.6 Å². The number of rotatable bonds is 7. The Morgan fingerprint density at radius 2 is 0.432 bits per heavy atom. The van der Waals surface area contributed by atoms with Crippen LogP contribution in [0.4, 0.5) is 0 Å². The molecule has 2 aromatic heterocycles. The van der Waals surface area contributed by atoms with Gasteiger partial charge in [0, 0.05) is 21.5 Å². The van der Waals surface area contributed by atoms with Gasteiger partial charge in [-0.3, -0.25) is 0 Å². The molecule has 0 bridgehead atoms. The Kier molecular flexibility index (Phi) is 10.7. The largest absolute Gasteiger partial charge is 0.308 e. The van der Waals surface area contributed by atoms with Crippen LogP contribution in [-0.2, 0) is 0 Å². The quantitative estimate of drug-likeness (QED) is 0.155. The highest BCUT2D eigenvalue weighted by Gasteiger charge is 2.21. The fraction of sp³-hybridized carbons (Fsp3) is 0. The summed E-state index contributed by atoms with van der Waals surface area (Å²) in [4.78, 5) is 0. The molecule has 2 heterocycles. The molecule has 0 aliphatic carbocycles. The molecule has 0 atom stereocenters. The van der Waals surface area contributed by atoms with Crippen molar-refractivity contribution in [2.24, 2.45) is 0 Å². The summed E-state index contributed by atoms with van der Waals surface area (Å²) < 4.78 is 4.29. The van der Waals surface area contributed by atoms with Gasteiger partial charge in [0.05, 0.1) is 91.1 Å². The third-order valence-electron chi connectivity index (χ3n) is 14.0. The maximum absolute atomic E-state index is 10.8. The van der Waals surface area contributed by atoms with Crippen molar-refractivity contribution in [3.05, 3.63) is 240 Å². The average Bonchev–Trinajstić information content (AvgIpc) is 3.98. The van der Waals surface area contributed by atoms with Gasteiger partial charge in [-0.05, 0) is 177 Å². The Morgan fingerprint density at radius 3 is 0.662 bits per heavy atom. The van der Waals surface area contributed by atoms with Gasteiger partial charge in [0.2, 0.25) is 0 Å². The van der Waals surface area contributed by atoms with E-state index in [0.717, 1.165) is 99.2 Å². The Morgan fingerprint density at radius 1 is 0.216 bits per heavy atom. The number of nitrogens with zero attached hydrogens (tertiary/aromatic N) is 8. The molecule has 0 saturated carbocycles. The standard InChI is InChI=1S/C66H34N8/c67-35-41-1-9-45(10-2-41)49-21-25-61-57(29-49)58-30-50(46-11-3-42(36-68)4-12-46)22-26-62(58)73(61)65-33-53(17-19-55(65)39-71)54-18-20-56(40-72)66(34-54)74-63-27-23-51(47-13-5-43(37-69)6-14-47)31-59(63)60-32-52(24-28-64(60)74)48-15-7-44(38-70)8-16-48/h1-34H. The van der Waals surface area contributed by atoms with E-state index in [-0.39, 0.29) is 0 Å². The van der Waals surface area contributed by atoms with E-state index in [0.29, 0.717) is 44.8 Å². The third-order valence-corrected chi connectivity index (χ3v) is 14.0. The average molecular weight is 939 g/mol. The molecule has 0 saturated heterocycles. The van der Waals surface area contributed by atoms with Gasteiger partial charge in [0.1, 0.15) is 12.1 Å². The molecule has 0 spiro atoms. The number of benzene rings is 10. The normalized spacial score (nSPS) is 10.9. The minimum Gasteiger partial charge on any atom is -0.308 e. The second-order valence-corrected chi connectivity index (χ2v) is 18.0. The lowest BCUT2D eigenvalue weighted by Gasteiger charge is -2.15. The van der Waals surface area contributed by atoms with Crippen LogP contribution >= 0.6 is 0 Å². The summed E-state index contributed by atoms with van der Waals surface area (Å²) in [6.07, 6.45) is 0. The molecule has 74 heavy (non-hydrogen) atoms. The molecule has 8 nitrogen and oxygen atoms in total. The Hall–Kier alpha value is -11.3. The predicted molar refractivity (Wildman–Crippen MR) is 291 cm³/mol. The van der Waals surface area contributed by atoms with E-state index in [1.165, 1.54) is 0 Å². The smallest absolute Gasteiger partial charge is 0.101 e. The molecule has 0 N–H and O–H groups in total. The van der Waals surface area contributed by atoms with Crippen LogP contribution in [0, 0.1) is 68.0 Å². The molecule has 0 aliphatic rings. The highest BCUT2D eigenvalue weighted by molar-refractivity contribution is 6.13. The molecule has 338 valence electrons. The molecule has 10 aromatic carbocycles. The number of hydrogen-bond donors (Lipinski definition) is 0. The molecule has 12 aromatic rings. The molecule has 0 amide bonds. The fourth-order valence-corrected chi connectivity index (χ4v) is 10.2. The first-order valence-electron chi connectivity index (χ1n) is 23.6. The summed E-state index contributed by atoms with van der Waals surface area (Å²) in [7, 11) is 0. The van der Waals surface area contributed by atoms with Gasteiger partial charge in [-0.2, -0.15) is 31.6 Å². The van der Waals surface area contributed by atoms with Crippen LogP contribution in [-0.4, -0.2) is 9.13 Å². The molecule has 0 radical (unpaired) electrons. The Bertz CT molecular complexity index is 4040. The SMILES string of the molecule is N#Cc1ccc(-c2ccc3c(c2)c2cc(-c4ccc(C#N)cc4)ccc2n3-c2cc(-c3ccc(C#N)c(-n4c5ccc(-c6ccc(C#N)cc6)cc5c5cc(-c6ccc(C#N)cc6)ccc54)c3)ccc2C#N)cc1. The van der Waals surface area contributed by atoms with Crippen LogP contribution < -0.4 is 0 Å². The van der Waals surface area contributed by atoms with Crippen molar-refractivity contribution in [1.29, 1.82) is 31.6 Å². The second-order valence-electron chi connectivity index (χ2n) is 18.0. The molecular formula is C66H34N8. The summed E-state index contributed by atoms with van der Waals surface area (Å²) >= 11 is 0. The zero-order chi connectivity index (χ0) is 50.5. The summed E-state index contributed by atoms with van der Waals surface area (Å²) in [5.74, 6) is 0. The van der Waals surface area contributed by atoms with E-state index in [2.05, 4.69) is 118 Å². The van der Waals surface area contributed by atoms with E-state index in [4.69, 9.17) is 0 Å². The van der Waals surface area contributed by atoms with Crippen LogP contribution in [0.3, 0.4) is 0 Å². The molecule has 0 fully saturated rings. The van der Waals surface area contributed by atoms with E-state index in [9.17, 15) is 31.6 Å². The van der Waals surface area contributed by atoms with E-state index in [1.807, 2.05) is 133 Å². The first-order valence-corrected chi connectivity index (χ1v) is 23.6. The first-order chi connectivity index (χ1) is 36.4. The molecule has 0 aliphatic heterocycles. The summed E-state index contributed by atoms with van der Waals surface area (Å²) in [6, 6.07) is 80.9. The number of fused-ring (bicyclic) bond motifs is 6. The number of hydrogen-bond acceptors (Lipinski definition) is 6. The van der Waals surface area contributed by atoms with Gasteiger partial charge in [0.15, 0.2) is 0 Å². The third kappa shape index (κ3) is 7.44. The monoisotopic (exact) mass is 938 g/mol. The van der Waals surface area contributed by atoms with Crippen LogP contribution in [0.15, 0.2) is 206 Å². The highest BCUT2D eigenvalue weighted by Crippen LogP contribution is 2.42. The fourth-order valence-electron chi connectivity index (χ4n) is 10.2. The Labute approximate surface area is 425 Å². The van der Waals surface area contributed by atoms with Gasteiger partial charge in [-0.15, -0.1) is 0 Å². The van der Waals surface area contributed by atoms with Crippen LogP contribution in [0.5, 0.6) is 0 Å². The van der Waals surface area contributed by atoms with Crippen LogP contribution in [0.1, 0.15) is 33.4 Å². The lowest BCUT2D eigenvalue weighted by atomic mass is 9.99. The number of nitriles is 6. The Balaban J connectivity index is 1.04. The zero-order valence-electron chi connectivity index (χ0n) is 39.2. The minimum absolute atomic E-state index is 0.479. The van der Waals surface area contributed by atoms with E-state index >= 15 is 0 Å². The van der Waals surface area contributed by atoms with Crippen LogP contribution in [0.2, 0.25) is 0 Å². The molecule has 0 unspecified atom stereocenters. The molecular weight excluding hydrogens is 905 g/mol. The predicted octanol–water partition coefficient (Wildman–Crippen LogP) is 15.4. The zero-order valence-corrected chi connectivity index (χ0v) is 39.2. The van der Waals surface area contributed by atoms with Crippen LogP contribution in [0.25, 0.3) is 111 Å². The second kappa shape index (κ2) is 17.9. The van der Waals surface area contributed by atoms with Gasteiger partial charge in [0.25, 0.3) is 0 Å². The summed E-state index contributed by atoms with van der Waals surface area (Å²) in [6.45, 7) is 0. The molecule has 8 heteroatoms. The van der Waals surface area contributed by atoms with Crippen molar-refractivity contribution in [2.75, 3.05) is 0 Å². The van der Waals surface area contributed by atoms with E-state index < -0.39 is 0 Å². The maximum atomic E-state index is 10.8. The highest BCUT2D eigenvalue weighted by atomic mass is 15.0.